The van der Waals surface area contributed by atoms with Crippen LogP contribution in [-0.4, -0.2) is 37.9 Å². The number of carbonyl (C=O) groups excluding carboxylic acids is 1. The van der Waals surface area contributed by atoms with Gasteiger partial charge in [0.1, 0.15) is 17.4 Å². The minimum atomic E-state index is -0.216. The second kappa shape index (κ2) is 6.94. The van der Waals surface area contributed by atoms with Crippen LogP contribution in [0.2, 0.25) is 10.0 Å². The van der Waals surface area contributed by atoms with Gasteiger partial charge in [0.25, 0.3) is 0 Å². The van der Waals surface area contributed by atoms with E-state index in [0.717, 1.165) is 6.54 Å². The fraction of sp³-hybridized carbons (Fsp3) is 0.357. The van der Waals surface area contributed by atoms with Crippen molar-refractivity contribution in [1.82, 2.24) is 4.90 Å². The van der Waals surface area contributed by atoms with Gasteiger partial charge in [-0.15, -0.1) is 0 Å². The summed E-state index contributed by atoms with van der Waals surface area (Å²) in [6.07, 6.45) is 0. The molecular weight excluding hydrogens is 285 g/mol. The number of ketones is 1. The third-order valence-electron chi connectivity index (χ3n) is 2.48. The lowest BCUT2D eigenvalue weighted by molar-refractivity contribution is 0.103. The van der Waals surface area contributed by atoms with E-state index in [1.807, 2.05) is 19.0 Å². The van der Waals surface area contributed by atoms with Crippen molar-refractivity contribution in [1.29, 1.82) is 0 Å². The summed E-state index contributed by atoms with van der Waals surface area (Å²) >= 11 is 12.2. The number of carbonyl (C=O) groups is 1. The second-order valence-corrected chi connectivity index (χ2v) is 5.26. The molecule has 19 heavy (non-hydrogen) atoms. The van der Waals surface area contributed by atoms with Crippen LogP contribution in [0.15, 0.2) is 24.3 Å². The van der Waals surface area contributed by atoms with E-state index in [1.54, 1.807) is 19.1 Å². The summed E-state index contributed by atoms with van der Waals surface area (Å²) in [5.74, 6) is 0.263. The molecule has 1 aromatic carbocycles. The average Bonchev–Trinajstić information content (AvgIpc) is 2.33. The van der Waals surface area contributed by atoms with Gasteiger partial charge in [-0.1, -0.05) is 29.8 Å². The first-order chi connectivity index (χ1) is 8.84. The fourth-order valence-electron chi connectivity index (χ4n) is 1.39. The summed E-state index contributed by atoms with van der Waals surface area (Å²) in [5, 5.41) is 0.463. The molecule has 104 valence electrons. The van der Waals surface area contributed by atoms with Crippen LogP contribution in [0.4, 0.5) is 0 Å². The lowest BCUT2D eigenvalue weighted by atomic mass is 10.1. The van der Waals surface area contributed by atoms with Crippen LogP contribution in [0.25, 0.3) is 0 Å². The summed E-state index contributed by atoms with van der Waals surface area (Å²) < 4.78 is 5.53. The highest BCUT2D eigenvalue weighted by molar-refractivity contribution is 6.45. The van der Waals surface area contributed by atoms with Crippen molar-refractivity contribution in [3.63, 3.8) is 0 Å². The Balaban J connectivity index is 2.92. The normalized spacial score (nSPS) is 10.6. The number of benzene rings is 1. The van der Waals surface area contributed by atoms with Crippen molar-refractivity contribution in [3.8, 4) is 5.75 Å². The summed E-state index contributed by atoms with van der Waals surface area (Å²) in [6.45, 7) is 6.50. The zero-order valence-corrected chi connectivity index (χ0v) is 12.8. The third-order valence-corrected chi connectivity index (χ3v) is 3.34. The molecule has 0 radical (unpaired) electrons. The van der Waals surface area contributed by atoms with Crippen LogP contribution in [0.1, 0.15) is 17.3 Å². The quantitative estimate of drug-likeness (QED) is 0.593. The summed E-state index contributed by atoms with van der Waals surface area (Å²) in [7, 11) is 3.90. The Labute approximate surface area is 123 Å². The number of hydrogen-bond acceptors (Lipinski definition) is 3. The van der Waals surface area contributed by atoms with Crippen molar-refractivity contribution >= 4 is 29.0 Å². The van der Waals surface area contributed by atoms with Crippen LogP contribution in [-0.2, 0) is 0 Å². The van der Waals surface area contributed by atoms with Crippen LogP contribution in [0, 0.1) is 0 Å². The minimum Gasteiger partial charge on any atom is -0.491 e. The Morgan fingerprint density at radius 2 is 1.95 bits per heavy atom. The first kappa shape index (κ1) is 16.0. The summed E-state index contributed by atoms with van der Waals surface area (Å²) in [4.78, 5) is 13.8. The largest absolute Gasteiger partial charge is 0.491 e. The van der Waals surface area contributed by atoms with Crippen molar-refractivity contribution in [2.75, 3.05) is 27.2 Å². The predicted molar refractivity (Wildman–Crippen MR) is 79.7 cm³/mol. The first-order valence-electron chi connectivity index (χ1n) is 5.80. The van der Waals surface area contributed by atoms with E-state index in [1.165, 1.54) is 0 Å². The van der Waals surface area contributed by atoms with E-state index in [2.05, 4.69) is 6.58 Å². The standard InChI is InChI=1S/C14H17Cl2NO2/c1-9(2)14(18)10-5-6-11(13(16)12(10)15)19-8-7-17(3)4/h5-6H,1,7-8H2,2-4H3. The molecule has 0 bridgehead atoms. The predicted octanol–water partition coefficient (Wildman–Crippen LogP) is 3.69. The van der Waals surface area contributed by atoms with Gasteiger partial charge >= 0.3 is 0 Å². The molecule has 0 aliphatic rings. The van der Waals surface area contributed by atoms with E-state index >= 15 is 0 Å². The van der Waals surface area contributed by atoms with Crippen LogP contribution < -0.4 is 4.74 Å². The highest BCUT2D eigenvalue weighted by atomic mass is 35.5. The Hall–Kier alpha value is -1.03. The molecule has 0 unspecified atom stereocenters. The molecule has 0 heterocycles. The molecule has 1 aromatic rings. The van der Waals surface area contributed by atoms with Gasteiger partial charge in [-0.25, -0.2) is 0 Å². The lowest BCUT2D eigenvalue weighted by Crippen LogP contribution is -2.19. The Bertz CT molecular complexity index is 498. The molecule has 0 fully saturated rings. The molecule has 3 nitrogen and oxygen atoms in total. The number of hydrogen-bond donors (Lipinski definition) is 0. The molecule has 0 aliphatic carbocycles. The minimum absolute atomic E-state index is 0.206. The molecule has 0 saturated carbocycles. The van der Waals surface area contributed by atoms with Gasteiger partial charge in [0, 0.05) is 12.1 Å². The third kappa shape index (κ3) is 4.23. The molecule has 0 amide bonds. The zero-order chi connectivity index (χ0) is 14.6. The maximum Gasteiger partial charge on any atom is 0.189 e. The van der Waals surface area contributed by atoms with Gasteiger partial charge in [-0.05, 0) is 38.7 Å². The van der Waals surface area contributed by atoms with Crippen LogP contribution in [0.3, 0.4) is 0 Å². The number of allylic oxidation sites excluding steroid dienone is 1. The van der Waals surface area contributed by atoms with Crippen molar-refractivity contribution in [2.24, 2.45) is 0 Å². The summed E-state index contributed by atoms with van der Waals surface area (Å²) in [6, 6.07) is 3.26. The van der Waals surface area contributed by atoms with Gasteiger partial charge in [-0.2, -0.15) is 0 Å². The SMILES string of the molecule is C=C(C)C(=O)c1ccc(OCCN(C)C)c(Cl)c1Cl. The molecule has 0 spiro atoms. The second-order valence-electron chi connectivity index (χ2n) is 4.50. The van der Waals surface area contributed by atoms with E-state index in [4.69, 9.17) is 27.9 Å². The Kier molecular flexibility index (Phi) is 5.85. The lowest BCUT2D eigenvalue weighted by Gasteiger charge is -2.13. The number of rotatable bonds is 6. The first-order valence-corrected chi connectivity index (χ1v) is 6.56. The number of nitrogens with zero attached hydrogens (tertiary/aromatic N) is 1. The molecule has 0 aromatic heterocycles. The maximum absolute atomic E-state index is 11.8. The average molecular weight is 302 g/mol. The molecule has 0 N–H and O–H groups in total. The number of halogens is 2. The molecule has 0 aliphatic heterocycles. The van der Waals surface area contributed by atoms with Gasteiger partial charge in [0.2, 0.25) is 0 Å². The molecule has 0 atom stereocenters. The van der Waals surface area contributed by atoms with Crippen molar-refractivity contribution < 1.29 is 9.53 Å². The van der Waals surface area contributed by atoms with Gasteiger partial charge < -0.3 is 9.64 Å². The van der Waals surface area contributed by atoms with Crippen molar-refractivity contribution in [3.05, 3.63) is 39.9 Å². The topological polar surface area (TPSA) is 29.5 Å². The smallest absolute Gasteiger partial charge is 0.189 e. The zero-order valence-electron chi connectivity index (χ0n) is 11.3. The summed E-state index contributed by atoms with van der Waals surface area (Å²) in [5.41, 5.74) is 0.762. The number of Topliss-reactive ketones (excluding diaryl/α,β-unsaturated/α-hetero) is 1. The molecule has 0 saturated heterocycles. The monoisotopic (exact) mass is 301 g/mol. The van der Waals surface area contributed by atoms with E-state index in [0.29, 0.717) is 23.5 Å². The molecule has 1 rings (SSSR count). The number of likely N-dealkylation sites (N-methyl/N-ethyl adjacent to an activating group) is 1. The van der Waals surface area contributed by atoms with Gasteiger partial charge in [0.15, 0.2) is 5.78 Å². The fourth-order valence-corrected chi connectivity index (χ4v) is 1.85. The van der Waals surface area contributed by atoms with Crippen LogP contribution in [0.5, 0.6) is 5.75 Å². The molecular formula is C14H17Cl2NO2. The molecule has 5 heteroatoms. The van der Waals surface area contributed by atoms with Gasteiger partial charge in [0.05, 0.1) is 5.02 Å². The van der Waals surface area contributed by atoms with Crippen molar-refractivity contribution in [2.45, 2.75) is 6.92 Å². The Morgan fingerprint density at radius 3 is 2.47 bits per heavy atom. The van der Waals surface area contributed by atoms with E-state index < -0.39 is 0 Å². The maximum atomic E-state index is 11.8. The highest BCUT2D eigenvalue weighted by Gasteiger charge is 2.16. The van der Waals surface area contributed by atoms with E-state index in [9.17, 15) is 4.79 Å². The van der Waals surface area contributed by atoms with Gasteiger partial charge in [-0.3, -0.25) is 4.79 Å². The highest BCUT2D eigenvalue weighted by Crippen LogP contribution is 2.35. The number of ether oxygens (including phenoxy) is 1. The van der Waals surface area contributed by atoms with E-state index in [-0.39, 0.29) is 15.8 Å². The Morgan fingerprint density at radius 1 is 1.32 bits per heavy atom. The van der Waals surface area contributed by atoms with Crippen LogP contribution >= 0.6 is 23.2 Å².